The van der Waals surface area contributed by atoms with Crippen LogP contribution in [0.15, 0.2) is 66.7 Å². The highest BCUT2D eigenvalue weighted by molar-refractivity contribution is 6.35. The molecule has 0 aliphatic carbocycles. The molecule has 3 aromatic rings. The molecule has 0 heterocycles. The van der Waals surface area contributed by atoms with Crippen molar-refractivity contribution in [2.24, 2.45) is 0 Å². The Morgan fingerprint density at radius 2 is 1.52 bits per heavy atom. The maximum atomic E-state index is 6.20. The number of rotatable bonds is 6. The number of hydrogen-bond donors (Lipinski definition) is 1. The third-order valence-electron chi connectivity index (χ3n) is 3.66. The summed E-state index contributed by atoms with van der Waals surface area (Å²) in [5.41, 5.74) is 2.82. The van der Waals surface area contributed by atoms with Crippen LogP contribution < -0.4 is 10.1 Å². The SMILES string of the molecule is Clc1ccc(OCc2ccccc2)c(CNc2cc(Cl)ccc2Cl)c1. The molecule has 0 radical (unpaired) electrons. The Morgan fingerprint density at radius 1 is 0.800 bits per heavy atom. The second-order valence-electron chi connectivity index (χ2n) is 5.50. The van der Waals surface area contributed by atoms with E-state index < -0.39 is 0 Å². The van der Waals surface area contributed by atoms with Crippen LogP contribution in [0.1, 0.15) is 11.1 Å². The summed E-state index contributed by atoms with van der Waals surface area (Å²) in [6, 6.07) is 20.9. The van der Waals surface area contributed by atoms with Crippen LogP contribution in [0.5, 0.6) is 5.75 Å². The fourth-order valence-electron chi connectivity index (χ4n) is 2.39. The van der Waals surface area contributed by atoms with Crippen molar-refractivity contribution < 1.29 is 4.74 Å². The predicted molar refractivity (Wildman–Crippen MR) is 106 cm³/mol. The maximum absolute atomic E-state index is 6.20. The largest absolute Gasteiger partial charge is 0.489 e. The molecule has 0 bridgehead atoms. The topological polar surface area (TPSA) is 21.3 Å². The first kappa shape index (κ1) is 17.9. The summed E-state index contributed by atoms with van der Waals surface area (Å²) in [5, 5.41) is 5.17. The smallest absolute Gasteiger partial charge is 0.124 e. The van der Waals surface area contributed by atoms with E-state index in [4.69, 9.17) is 39.5 Å². The summed E-state index contributed by atoms with van der Waals surface area (Å²) in [4.78, 5) is 0. The first-order valence-corrected chi connectivity index (χ1v) is 8.89. The van der Waals surface area contributed by atoms with Crippen molar-refractivity contribution >= 4 is 40.5 Å². The average molecular weight is 393 g/mol. The van der Waals surface area contributed by atoms with Crippen molar-refractivity contribution in [2.75, 3.05) is 5.32 Å². The minimum atomic E-state index is 0.493. The van der Waals surface area contributed by atoms with Crippen molar-refractivity contribution in [3.63, 3.8) is 0 Å². The van der Waals surface area contributed by atoms with Gasteiger partial charge in [-0.05, 0) is 42.0 Å². The lowest BCUT2D eigenvalue weighted by Gasteiger charge is -2.14. The lowest BCUT2D eigenvalue weighted by atomic mass is 10.2. The Balaban J connectivity index is 1.73. The zero-order valence-electron chi connectivity index (χ0n) is 13.3. The minimum Gasteiger partial charge on any atom is -0.489 e. The Labute approximate surface area is 162 Å². The molecule has 0 spiro atoms. The fourth-order valence-corrected chi connectivity index (χ4v) is 2.94. The summed E-state index contributed by atoms with van der Waals surface area (Å²) in [6.45, 7) is 1.01. The molecule has 0 aliphatic heterocycles. The molecule has 0 saturated carbocycles. The van der Waals surface area contributed by atoms with Crippen LogP contribution in [0.3, 0.4) is 0 Å². The van der Waals surface area contributed by atoms with E-state index in [0.717, 1.165) is 22.6 Å². The van der Waals surface area contributed by atoms with Gasteiger partial charge in [-0.15, -0.1) is 0 Å². The van der Waals surface area contributed by atoms with Crippen molar-refractivity contribution in [1.82, 2.24) is 0 Å². The average Bonchev–Trinajstić information content (AvgIpc) is 2.62. The van der Waals surface area contributed by atoms with Gasteiger partial charge in [0.25, 0.3) is 0 Å². The van der Waals surface area contributed by atoms with Gasteiger partial charge in [-0.3, -0.25) is 0 Å². The molecular weight excluding hydrogens is 377 g/mol. The van der Waals surface area contributed by atoms with E-state index >= 15 is 0 Å². The molecular formula is C20H16Cl3NO. The zero-order valence-corrected chi connectivity index (χ0v) is 15.6. The summed E-state index contributed by atoms with van der Waals surface area (Å²) in [7, 11) is 0. The summed E-state index contributed by atoms with van der Waals surface area (Å²) >= 11 is 18.4. The van der Waals surface area contributed by atoms with Gasteiger partial charge in [-0.25, -0.2) is 0 Å². The van der Waals surface area contributed by atoms with Gasteiger partial charge >= 0.3 is 0 Å². The molecule has 0 atom stereocenters. The van der Waals surface area contributed by atoms with Crippen LogP contribution in [-0.4, -0.2) is 0 Å². The van der Waals surface area contributed by atoms with E-state index in [1.54, 1.807) is 18.2 Å². The highest BCUT2D eigenvalue weighted by Gasteiger charge is 2.07. The van der Waals surface area contributed by atoms with Gasteiger partial charge in [0.2, 0.25) is 0 Å². The predicted octanol–water partition coefficient (Wildman–Crippen LogP) is 6.84. The lowest BCUT2D eigenvalue weighted by molar-refractivity contribution is 0.303. The van der Waals surface area contributed by atoms with Crippen LogP contribution in [-0.2, 0) is 13.2 Å². The van der Waals surface area contributed by atoms with Gasteiger partial charge in [-0.2, -0.15) is 0 Å². The molecule has 3 aromatic carbocycles. The van der Waals surface area contributed by atoms with E-state index in [1.807, 2.05) is 48.5 Å². The number of ether oxygens (including phenoxy) is 1. The molecule has 0 amide bonds. The summed E-state index contributed by atoms with van der Waals surface area (Å²) in [6.07, 6.45) is 0. The fraction of sp³-hybridized carbons (Fsp3) is 0.100. The molecule has 25 heavy (non-hydrogen) atoms. The normalized spacial score (nSPS) is 10.5. The molecule has 5 heteroatoms. The lowest BCUT2D eigenvalue weighted by Crippen LogP contribution is -2.04. The molecule has 0 aromatic heterocycles. The molecule has 0 aliphatic rings. The third kappa shape index (κ3) is 5.05. The molecule has 1 N–H and O–H groups in total. The first-order valence-electron chi connectivity index (χ1n) is 7.76. The number of halogens is 3. The first-order chi connectivity index (χ1) is 12.1. The molecule has 3 rings (SSSR count). The van der Waals surface area contributed by atoms with E-state index in [1.165, 1.54) is 0 Å². The van der Waals surface area contributed by atoms with E-state index in [0.29, 0.717) is 28.2 Å². The second-order valence-corrected chi connectivity index (χ2v) is 6.78. The van der Waals surface area contributed by atoms with Crippen molar-refractivity contribution in [3.8, 4) is 5.75 Å². The number of hydrogen-bond acceptors (Lipinski definition) is 2. The molecule has 128 valence electrons. The number of anilines is 1. The Kier molecular flexibility index (Phi) is 6.09. The second kappa shape index (κ2) is 8.48. The minimum absolute atomic E-state index is 0.493. The van der Waals surface area contributed by atoms with E-state index in [2.05, 4.69) is 5.32 Å². The Hall–Kier alpha value is -1.87. The van der Waals surface area contributed by atoms with Gasteiger partial charge in [0.1, 0.15) is 12.4 Å². The Bertz CT molecular complexity index is 853. The highest BCUT2D eigenvalue weighted by atomic mass is 35.5. The van der Waals surface area contributed by atoms with Crippen LogP contribution in [0, 0.1) is 0 Å². The summed E-state index contributed by atoms with van der Waals surface area (Å²) in [5.74, 6) is 0.777. The quantitative estimate of drug-likeness (QED) is 0.496. The third-order valence-corrected chi connectivity index (χ3v) is 4.46. The molecule has 0 unspecified atom stereocenters. The van der Waals surface area contributed by atoms with Gasteiger partial charge in [0.15, 0.2) is 0 Å². The monoisotopic (exact) mass is 391 g/mol. The van der Waals surface area contributed by atoms with Crippen LogP contribution >= 0.6 is 34.8 Å². The van der Waals surface area contributed by atoms with Crippen molar-refractivity contribution in [1.29, 1.82) is 0 Å². The van der Waals surface area contributed by atoms with Crippen molar-refractivity contribution in [2.45, 2.75) is 13.2 Å². The highest BCUT2D eigenvalue weighted by Crippen LogP contribution is 2.28. The Morgan fingerprint density at radius 3 is 2.32 bits per heavy atom. The van der Waals surface area contributed by atoms with E-state index in [9.17, 15) is 0 Å². The standard InChI is InChI=1S/C20H16Cl3NO/c21-16-7-9-20(25-13-14-4-2-1-3-5-14)15(10-16)12-24-19-11-17(22)6-8-18(19)23/h1-11,24H,12-13H2. The van der Waals surface area contributed by atoms with Crippen LogP contribution in [0.25, 0.3) is 0 Å². The molecule has 0 saturated heterocycles. The van der Waals surface area contributed by atoms with Gasteiger partial charge in [0, 0.05) is 22.2 Å². The van der Waals surface area contributed by atoms with Crippen LogP contribution in [0.2, 0.25) is 15.1 Å². The van der Waals surface area contributed by atoms with Crippen molar-refractivity contribution in [3.05, 3.63) is 92.9 Å². The molecule has 0 fully saturated rings. The van der Waals surface area contributed by atoms with Gasteiger partial charge in [0.05, 0.1) is 10.7 Å². The van der Waals surface area contributed by atoms with Gasteiger partial charge < -0.3 is 10.1 Å². The van der Waals surface area contributed by atoms with E-state index in [-0.39, 0.29) is 0 Å². The maximum Gasteiger partial charge on any atom is 0.124 e. The van der Waals surface area contributed by atoms with Crippen LogP contribution in [0.4, 0.5) is 5.69 Å². The number of nitrogens with one attached hydrogen (secondary N) is 1. The van der Waals surface area contributed by atoms with Gasteiger partial charge in [-0.1, -0.05) is 65.1 Å². The zero-order chi connectivity index (χ0) is 17.6. The summed E-state index contributed by atoms with van der Waals surface area (Å²) < 4.78 is 5.96. The number of benzene rings is 3. The molecule has 2 nitrogen and oxygen atoms in total.